The molecule has 0 aliphatic carbocycles. The number of hydrogen-bond donors (Lipinski definition) is 0. The van der Waals surface area contributed by atoms with Crippen molar-refractivity contribution >= 4 is 92.0 Å². The molecule has 8 aromatic carbocycles. The summed E-state index contributed by atoms with van der Waals surface area (Å²) in [6.07, 6.45) is 0. The van der Waals surface area contributed by atoms with Gasteiger partial charge in [-0.1, -0.05) is 121 Å². The number of rotatable bonds is 11. The SMILES string of the molecule is CC#N.CC#N.CN(C)c1ccc(P(c2ccc(N(C)C)cc2)c2ccc3ccccc3c2-c2c(P(c3ccc(N(C)C)cc3)c3ccc(N(C)C)cc3)ccc3ccccc23)cc1.[Cu+].[O-][Cl+3]([O-])([O-])[O-]. The summed E-state index contributed by atoms with van der Waals surface area (Å²) in [5, 5.41) is 27.7. The molecule has 70 heavy (non-hydrogen) atoms. The van der Waals surface area contributed by atoms with Gasteiger partial charge in [-0.05, 0) is 129 Å². The fourth-order valence-electron chi connectivity index (χ4n) is 7.87. The van der Waals surface area contributed by atoms with Crippen molar-refractivity contribution in [3.05, 3.63) is 170 Å². The summed E-state index contributed by atoms with van der Waals surface area (Å²) in [5.74, 6) is 0. The molecule has 8 aromatic rings. The molecule has 0 aromatic heterocycles. The quantitative estimate of drug-likeness (QED) is 0.116. The van der Waals surface area contributed by atoms with E-state index in [2.05, 4.69) is 246 Å². The van der Waals surface area contributed by atoms with Crippen LogP contribution in [0.15, 0.2) is 170 Å². The van der Waals surface area contributed by atoms with E-state index in [4.69, 9.17) is 29.2 Å². The summed E-state index contributed by atoms with van der Waals surface area (Å²) >= 11 is 0. The van der Waals surface area contributed by atoms with Crippen molar-refractivity contribution in [2.24, 2.45) is 0 Å². The fourth-order valence-corrected chi connectivity index (χ4v) is 12.7. The van der Waals surface area contributed by atoms with E-state index in [0.29, 0.717) is 0 Å². The molecule has 0 aliphatic rings. The van der Waals surface area contributed by atoms with Crippen LogP contribution in [0.1, 0.15) is 13.8 Å². The maximum Gasteiger partial charge on any atom is 1.00 e. The van der Waals surface area contributed by atoms with E-state index in [1.54, 1.807) is 12.1 Å². The molecule has 0 N–H and O–H groups in total. The molecule has 8 rings (SSSR count). The normalized spacial score (nSPS) is 10.5. The van der Waals surface area contributed by atoms with Crippen LogP contribution in [-0.4, -0.2) is 56.4 Å². The zero-order valence-electron chi connectivity index (χ0n) is 41.1. The Morgan fingerprint density at radius 3 is 0.800 bits per heavy atom. The van der Waals surface area contributed by atoms with Crippen molar-refractivity contribution in [3.8, 4) is 23.3 Å². The van der Waals surface area contributed by atoms with E-state index in [1.807, 2.05) is 0 Å². The Bertz CT molecular complexity index is 2700. The van der Waals surface area contributed by atoms with Crippen molar-refractivity contribution in [2.45, 2.75) is 13.8 Å². The van der Waals surface area contributed by atoms with Crippen LogP contribution in [0.3, 0.4) is 0 Å². The van der Waals surface area contributed by atoms with E-state index in [0.717, 1.165) is 0 Å². The van der Waals surface area contributed by atoms with Gasteiger partial charge in [0, 0.05) is 93.0 Å². The fraction of sp³-hybridized carbons (Fsp3) is 0.179. The molecule has 0 saturated heterocycles. The average Bonchev–Trinajstić information content (AvgIpc) is 3.32. The Labute approximate surface area is 429 Å². The van der Waals surface area contributed by atoms with E-state index >= 15 is 0 Å². The molecule has 0 fully saturated rings. The van der Waals surface area contributed by atoms with E-state index in [9.17, 15) is 0 Å². The second-order valence-corrected chi connectivity index (χ2v) is 21.6. The molecule has 0 heterocycles. The third-order valence-corrected chi connectivity index (χ3v) is 16.0. The van der Waals surface area contributed by atoms with Crippen molar-refractivity contribution in [1.29, 1.82) is 10.5 Å². The second kappa shape index (κ2) is 26.3. The minimum Gasteiger partial charge on any atom is -0.378 e. The summed E-state index contributed by atoms with van der Waals surface area (Å²) in [6, 6.07) is 68.1. The Balaban J connectivity index is 0.000000809. The molecule has 0 bridgehead atoms. The minimum absolute atomic E-state index is 0. The Morgan fingerprint density at radius 2 is 0.586 bits per heavy atom. The molecule has 0 aliphatic heterocycles. The molecule has 0 amide bonds. The topological polar surface area (TPSA) is 153 Å². The second-order valence-electron chi connectivity index (χ2n) is 16.5. The molecule has 0 saturated carbocycles. The number of hydrogen-bond acceptors (Lipinski definition) is 10. The Kier molecular flexibility index (Phi) is 21.2. The number of fused-ring (bicyclic) bond motifs is 2. The van der Waals surface area contributed by atoms with Gasteiger partial charge in [0.1, 0.15) is 0 Å². The molecule has 0 unspecified atom stereocenters. The first-order chi connectivity index (χ1) is 32.9. The van der Waals surface area contributed by atoms with Gasteiger partial charge in [0.25, 0.3) is 0 Å². The molecular weight excluding hydrogens is 982 g/mol. The average molecular weight is 1040 g/mol. The van der Waals surface area contributed by atoms with E-state index in [-0.39, 0.29) is 17.1 Å². The van der Waals surface area contributed by atoms with Crippen LogP contribution >= 0.6 is 15.8 Å². The molecule has 14 heteroatoms. The number of anilines is 4. The minimum atomic E-state index is -4.94. The summed E-state index contributed by atoms with van der Waals surface area (Å²) in [6.45, 7) is 2.86. The Hall–Kier alpha value is -6.03. The van der Waals surface area contributed by atoms with Crippen molar-refractivity contribution in [2.75, 3.05) is 76.0 Å². The maximum absolute atomic E-state index is 8.49. The van der Waals surface area contributed by atoms with Gasteiger partial charge in [-0.25, -0.2) is 18.6 Å². The maximum atomic E-state index is 8.49. The standard InChI is InChI=1S/C52H52N4P2.2C2H3N.ClHO4.Cu/c1-53(2)39-19-27-43(28-20-39)57(44-29-21-40(22-30-44)54(3)4)49-35-17-37-13-9-11-15-47(37)51(49)52-48-16-12-10-14-38(48)18-36-50(52)58(45-31-23-41(24-32-45)55(5)6)46-33-25-42(26-34-46)56(7)8;2*1-2-3;2-1(3,4)5;/h9-36H,1-8H3;2*1H3;(H,2,3,4,5);/q;;;;+1/p-1. The van der Waals surface area contributed by atoms with Crippen molar-refractivity contribution in [1.82, 2.24) is 0 Å². The molecule has 364 valence electrons. The number of nitriles is 2. The zero-order chi connectivity index (χ0) is 50.4. The van der Waals surface area contributed by atoms with Gasteiger partial charge in [0.15, 0.2) is 0 Å². The predicted octanol–water partition coefficient (Wildman–Crippen LogP) is 5.74. The number of nitrogens with zero attached hydrogens (tertiary/aromatic N) is 6. The summed E-state index contributed by atoms with van der Waals surface area (Å²) < 4.78 is 34.0. The molecule has 0 radical (unpaired) electrons. The van der Waals surface area contributed by atoms with Gasteiger partial charge in [0.2, 0.25) is 0 Å². The summed E-state index contributed by atoms with van der Waals surface area (Å²) in [4.78, 5) is 8.72. The molecule has 10 nitrogen and oxygen atoms in total. The first kappa shape index (κ1) is 56.6. The Morgan fingerprint density at radius 1 is 0.371 bits per heavy atom. The van der Waals surface area contributed by atoms with Gasteiger partial charge in [-0.15, -0.1) is 10.2 Å². The van der Waals surface area contributed by atoms with Crippen molar-refractivity contribution < 1.29 is 45.9 Å². The van der Waals surface area contributed by atoms with Gasteiger partial charge in [-0.2, -0.15) is 10.5 Å². The first-order valence-electron chi connectivity index (χ1n) is 21.9. The van der Waals surface area contributed by atoms with E-state index in [1.165, 1.54) is 101 Å². The third-order valence-electron chi connectivity index (χ3n) is 11.0. The smallest absolute Gasteiger partial charge is 0.378 e. The largest absolute Gasteiger partial charge is 1.00 e. The van der Waals surface area contributed by atoms with Crippen LogP contribution < -0.4 is 70.1 Å². The van der Waals surface area contributed by atoms with Crippen molar-refractivity contribution in [3.63, 3.8) is 0 Å². The van der Waals surface area contributed by atoms with Gasteiger partial charge >= 0.3 is 17.1 Å². The summed E-state index contributed by atoms with van der Waals surface area (Å²) in [7, 11) is 9.98. The van der Waals surface area contributed by atoms with Gasteiger partial charge in [0.05, 0.1) is 12.1 Å². The molecular formula is C56H58ClCuN6O4P2. The number of halogens is 1. The van der Waals surface area contributed by atoms with Crippen LogP contribution in [0.5, 0.6) is 0 Å². The first-order valence-corrected chi connectivity index (χ1v) is 25.8. The van der Waals surface area contributed by atoms with E-state index < -0.39 is 26.1 Å². The third kappa shape index (κ3) is 14.5. The van der Waals surface area contributed by atoms with Crippen LogP contribution in [0.25, 0.3) is 32.7 Å². The van der Waals surface area contributed by atoms with Crippen LogP contribution in [0, 0.1) is 32.9 Å². The predicted molar refractivity (Wildman–Crippen MR) is 284 cm³/mol. The molecule has 0 atom stereocenters. The van der Waals surface area contributed by atoms with Crippen LogP contribution in [0.4, 0.5) is 22.7 Å². The van der Waals surface area contributed by atoms with Crippen LogP contribution in [0.2, 0.25) is 0 Å². The van der Waals surface area contributed by atoms with Gasteiger partial charge in [-0.3, -0.25) is 0 Å². The monoisotopic (exact) mass is 1040 g/mol. The molecule has 0 spiro atoms. The van der Waals surface area contributed by atoms with Gasteiger partial charge < -0.3 is 19.6 Å². The summed E-state index contributed by atoms with van der Waals surface area (Å²) in [5.41, 5.74) is 7.44. The van der Waals surface area contributed by atoms with Crippen LogP contribution in [-0.2, 0) is 17.1 Å². The number of benzene rings is 8. The zero-order valence-corrected chi connectivity index (χ0v) is 44.5.